The van der Waals surface area contributed by atoms with Gasteiger partial charge in [-0.3, -0.25) is 0 Å². The highest BCUT2D eigenvalue weighted by Crippen LogP contribution is 2.16. The van der Waals surface area contributed by atoms with Crippen LogP contribution in [0.15, 0.2) is 18.2 Å². The lowest BCUT2D eigenvalue weighted by molar-refractivity contribution is 0.281. The van der Waals surface area contributed by atoms with Crippen molar-refractivity contribution in [3.63, 3.8) is 0 Å². The van der Waals surface area contributed by atoms with Gasteiger partial charge >= 0.3 is 0 Å². The molecule has 1 rings (SSSR count). The summed E-state index contributed by atoms with van der Waals surface area (Å²) in [4.78, 5) is 0. The van der Waals surface area contributed by atoms with Crippen molar-refractivity contribution in [3.05, 3.63) is 23.8 Å². The van der Waals surface area contributed by atoms with E-state index in [4.69, 9.17) is 10.8 Å². The number of nitrogens with two attached hydrogens (primary N) is 1. The number of aliphatic hydroxyl groups excluding tert-OH is 1. The SMILES string of the molecule is Cc1cc(N)cc(NC(C)CO)c1. The monoisotopic (exact) mass is 180 g/mol. The van der Waals surface area contributed by atoms with Crippen molar-refractivity contribution < 1.29 is 5.11 Å². The maximum absolute atomic E-state index is 8.84. The Hall–Kier alpha value is -1.22. The van der Waals surface area contributed by atoms with Crippen LogP contribution in [0.25, 0.3) is 0 Å². The van der Waals surface area contributed by atoms with Gasteiger partial charge < -0.3 is 16.2 Å². The first-order valence-electron chi connectivity index (χ1n) is 4.36. The standard InChI is InChI=1S/C10H16N2O/c1-7-3-9(11)5-10(4-7)12-8(2)6-13/h3-5,8,12-13H,6,11H2,1-2H3. The number of hydrogen-bond acceptors (Lipinski definition) is 3. The molecule has 0 radical (unpaired) electrons. The van der Waals surface area contributed by atoms with Crippen LogP contribution < -0.4 is 11.1 Å². The molecule has 0 spiro atoms. The maximum atomic E-state index is 8.84. The predicted octanol–water partition coefficient (Wildman–Crippen LogP) is 1.37. The Balaban J connectivity index is 2.77. The predicted molar refractivity (Wildman–Crippen MR) is 55.8 cm³/mol. The summed E-state index contributed by atoms with van der Waals surface area (Å²) in [6.45, 7) is 4.03. The van der Waals surface area contributed by atoms with E-state index < -0.39 is 0 Å². The lowest BCUT2D eigenvalue weighted by Gasteiger charge is -2.13. The van der Waals surface area contributed by atoms with E-state index in [0.29, 0.717) is 0 Å². The summed E-state index contributed by atoms with van der Waals surface area (Å²) in [7, 11) is 0. The van der Waals surface area contributed by atoms with E-state index in [1.54, 1.807) is 0 Å². The van der Waals surface area contributed by atoms with Crippen LogP contribution in [0.2, 0.25) is 0 Å². The Labute approximate surface area is 78.6 Å². The van der Waals surface area contributed by atoms with Gasteiger partial charge in [0.05, 0.1) is 6.61 Å². The van der Waals surface area contributed by atoms with Crippen molar-refractivity contribution in [2.24, 2.45) is 0 Å². The van der Waals surface area contributed by atoms with Gasteiger partial charge in [-0.05, 0) is 37.6 Å². The minimum atomic E-state index is 0.0567. The lowest BCUT2D eigenvalue weighted by Crippen LogP contribution is -2.19. The van der Waals surface area contributed by atoms with Crippen molar-refractivity contribution >= 4 is 11.4 Å². The molecule has 3 heteroatoms. The number of hydrogen-bond donors (Lipinski definition) is 3. The topological polar surface area (TPSA) is 58.3 Å². The molecule has 1 unspecified atom stereocenters. The van der Waals surface area contributed by atoms with Crippen molar-refractivity contribution in [1.82, 2.24) is 0 Å². The molecule has 0 saturated carbocycles. The van der Waals surface area contributed by atoms with Crippen LogP contribution in [0.5, 0.6) is 0 Å². The average Bonchev–Trinajstić information content (AvgIpc) is 2.02. The normalized spacial score (nSPS) is 12.5. The molecule has 72 valence electrons. The summed E-state index contributed by atoms with van der Waals surface area (Å²) in [5, 5.41) is 12.0. The first-order chi connectivity index (χ1) is 6.11. The van der Waals surface area contributed by atoms with Crippen LogP contribution in [0.1, 0.15) is 12.5 Å². The van der Waals surface area contributed by atoms with Crippen LogP contribution >= 0.6 is 0 Å². The molecule has 0 fully saturated rings. The van der Waals surface area contributed by atoms with Gasteiger partial charge in [-0.1, -0.05) is 0 Å². The third kappa shape index (κ3) is 2.95. The van der Waals surface area contributed by atoms with E-state index in [-0.39, 0.29) is 12.6 Å². The number of benzene rings is 1. The summed E-state index contributed by atoms with van der Waals surface area (Å²) in [6, 6.07) is 5.83. The van der Waals surface area contributed by atoms with E-state index in [1.165, 1.54) is 0 Å². The van der Waals surface area contributed by atoms with E-state index in [9.17, 15) is 0 Å². The highest BCUT2D eigenvalue weighted by Gasteiger charge is 2.00. The van der Waals surface area contributed by atoms with E-state index >= 15 is 0 Å². The lowest BCUT2D eigenvalue weighted by atomic mass is 10.2. The number of nitrogens with one attached hydrogen (secondary N) is 1. The highest BCUT2D eigenvalue weighted by molar-refractivity contribution is 5.57. The van der Waals surface area contributed by atoms with Crippen LogP contribution in [-0.2, 0) is 0 Å². The summed E-state index contributed by atoms with van der Waals surface area (Å²) in [5.41, 5.74) is 8.49. The molecular weight excluding hydrogens is 164 g/mol. The second-order valence-electron chi connectivity index (χ2n) is 3.36. The molecule has 13 heavy (non-hydrogen) atoms. The van der Waals surface area contributed by atoms with Gasteiger partial charge in [0.25, 0.3) is 0 Å². The third-order valence-electron chi connectivity index (χ3n) is 1.79. The van der Waals surface area contributed by atoms with Crippen LogP contribution in [0.3, 0.4) is 0 Å². The molecule has 0 aliphatic rings. The molecule has 1 atom stereocenters. The van der Waals surface area contributed by atoms with Gasteiger partial charge in [0.15, 0.2) is 0 Å². The van der Waals surface area contributed by atoms with Gasteiger partial charge in [0, 0.05) is 17.4 Å². The molecule has 0 aliphatic carbocycles. The quantitative estimate of drug-likeness (QED) is 0.616. The van der Waals surface area contributed by atoms with Gasteiger partial charge in [-0.15, -0.1) is 0 Å². The fourth-order valence-electron chi connectivity index (χ4n) is 1.23. The zero-order valence-corrected chi connectivity index (χ0v) is 8.04. The third-order valence-corrected chi connectivity index (χ3v) is 1.79. The molecule has 0 amide bonds. The van der Waals surface area contributed by atoms with E-state index in [2.05, 4.69) is 5.32 Å². The summed E-state index contributed by atoms with van der Waals surface area (Å²) < 4.78 is 0. The first kappa shape index (κ1) is 9.86. The van der Waals surface area contributed by atoms with Crippen molar-refractivity contribution in [1.29, 1.82) is 0 Å². The van der Waals surface area contributed by atoms with Gasteiger partial charge in [0.2, 0.25) is 0 Å². The van der Waals surface area contributed by atoms with Gasteiger partial charge in [0.1, 0.15) is 0 Å². The average molecular weight is 180 g/mol. The van der Waals surface area contributed by atoms with Crippen molar-refractivity contribution in [2.75, 3.05) is 17.7 Å². The van der Waals surface area contributed by atoms with Crippen molar-refractivity contribution in [3.8, 4) is 0 Å². The molecule has 0 bridgehead atoms. The zero-order valence-electron chi connectivity index (χ0n) is 8.04. The highest BCUT2D eigenvalue weighted by atomic mass is 16.3. The Bertz CT molecular complexity index is 266. The number of anilines is 2. The van der Waals surface area contributed by atoms with Crippen LogP contribution in [0, 0.1) is 6.92 Å². The van der Waals surface area contributed by atoms with E-state index in [0.717, 1.165) is 16.9 Å². The molecule has 4 N–H and O–H groups in total. The molecule has 0 saturated heterocycles. The maximum Gasteiger partial charge on any atom is 0.0630 e. The molecule has 1 aromatic rings. The Kier molecular flexibility index (Phi) is 3.14. The number of aliphatic hydroxyl groups is 1. The minimum absolute atomic E-state index is 0.0567. The largest absolute Gasteiger partial charge is 0.399 e. The van der Waals surface area contributed by atoms with Crippen LogP contribution in [-0.4, -0.2) is 17.8 Å². The smallest absolute Gasteiger partial charge is 0.0630 e. The molecule has 0 heterocycles. The second-order valence-corrected chi connectivity index (χ2v) is 3.36. The number of aryl methyl sites for hydroxylation is 1. The van der Waals surface area contributed by atoms with Crippen molar-refractivity contribution in [2.45, 2.75) is 19.9 Å². The summed E-state index contributed by atoms with van der Waals surface area (Å²) in [6.07, 6.45) is 0. The molecule has 3 nitrogen and oxygen atoms in total. The fourth-order valence-corrected chi connectivity index (χ4v) is 1.23. The molecular formula is C10H16N2O. The number of nitrogen functional groups attached to an aromatic ring is 1. The van der Waals surface area contributed by atoms with E-state index in [1.807, 2.05) is 32.0 Å². The zero-order chi connectivity index (χ0) is 9.84. The van der Waals surface area contributed by atoms with Crippen LogP contribution in [0.4, 0.5) is 11.4 Å². The molecule has 0 aromatic heterocycles. The minimum Gasteiger partial charge on any atom is -0.399 e. The fraction of sp³-hybridized carbons (Fsp3) is 0.400. The van der Waals surface area contributed by atoms with Gasteiger partial charge in [-0.2, -0.15) is 0 Å². The first-order valence-corrected chi connectivity index (χ1v) is 4.36. The molecule has 0 aliphatic heterocycles. The summed E-state index contributed by atoms with van der Waals surface area (Å²) >= 11 is 0. The Morgan fingerprint density at radius 3 is 2.69 bits per heavy atom. The second kappa shape index (κ2) is 4.14. The molecule has 1 aromatic carbocycles. The Morgan fingerprint density at radius 2 is 2.15 bits per heavy atom. The summed E-state index contributed by atoms with van der Waals surface area (Å²) in [5.74, 6) is 0. The van der Waals surface area contributed by atoms with Gasteiger partial charge in [-0.25, -0.2) is 0 Å². The number of rotatable bonds is 3. The Morgan fingerprint density at radius 1 is 1.46 bits per heavy atom.